The molecule has 0 aliphatic carbocycles. The molecule has 1 aromatic carbocycles. The molecule has 2 aliphatic heterocycles. The summed E-state index contributed by atoms with van der Waals surface area (Å²) in [7, 11) is 0. The monoisotopic (exact) mass is 402 g/mol. The van der Waals surface area contributed by atoms with Crippen molar-refractivity contribution in [1.82, 2.24) is 4.98 Å². The number of para-hydroxylation sites is 1. The van der Waals surface area contributed by atoms with E-state index in [1.54, 1.807) is 0 Å². The molecule has 2 aliphatic rings. The molecule has 9 heteroatoms. The van der Waals surface area contributed by atoms with Gasteiger partial charge in [0.05, 0.1) is 26.8 Å². The van der Waals surface area contributed by atoms with Crippen molar-refractivity contribution in [2.24, 2.45) is 15.9 Å². The van der Waals surface area contributed by atoms with Crippen LogP contribution in [0.15, 0.2) is 45.2 Å². The van der Waals surface area contributed by atoms with E-state index in [0.29, 0.717) is 16.7 Å². The summed E-state index contributed by atoms with van der Waals surface area (Å²) in [6, 6.07) is 7.75. The largest absolute Gasteiger partial charge is 0.301 e. The Labute approximate surface area is 162 Å². The van der Waals surface area contributed by atoms with E-state index >= 15 is 0 Å². The average Bonchev–Trinajstić information content (AvgIpc) is 3.17. The van der Waals surface area contributed by atoms with Gasteiger partial charge in [0.25, 0.3) is 5.91 Å². The van der Waals surface area contributed by atoms with Crippen molar-refractivity contribution in [2.45, 2.75) is 6.92 Å². The van der Waals surface area contributed by atoms with Crippen LogP contribution in [-0.2, 0) is 9.59 Å². The number of amides is 2. The molecule has 132 valence electrons. The van der Waals surface area contributed by atoms with Crippen molar-refractivity contribution >= 4 is 72.9 Å². The Bertz CT molecular complexity index is 960. The number of anilines is 1. The van der Waals surface area contributed by atoms with Gasteiger partial charge in [-0.05, 0) is 24.0 Å². The van der Waals surface area contributed by atoms with E-state index in [-0.39, 0.29) is 23.5 Å². The van der Waals surface area contributed by atoms with Crippen molar-refractivity contribution in [1.29, 1.82) is 0 Å². The van der Waals surface area contributed by atoms with Gasteiger partial charge in [-0.15, -0.1) is 11.8 Å². The van der Waals surface area contributed by atoms with Crippen LogP contribution in [0, 0.1) is 5.92 Å². The van der Waals surface area contributed by atoms with Crippen LogP contribution >= 0.6 is 34.9 Å². The van der Waals surface area contributed by atoms with E-state index in [4.69, 9.17) is 0 Å². The smallest absolute Gasteiger partial charge is 0.261 e. The average molecular weight is 403 g/mol. The summed E-state index contributed by atoms with van der Waals surface area (Å²) in [5, 5.41) is 4.19. The minimum absolute atomic E-state index is 0.130. The standard InChI is InChI=1S/C17H14N4O2S3/c1-9-6-10-15(23)19-13(20-16(10)25-9)7-24-8-14(22)21-17-18-11-4-2-3-5-12(11)26-17/h2-6,10H,7-8H2,1H3,(H,18,21,22). The van der Waals surface area contributed by atoms with Crippen LogP contribution in [0.25, 0.3) is 10.2 Å². The molecule has 4 rings (SSSR count). The fourth-order valence-electron chi connectivity index (χ4n) is 2.57. The minimum Gasteiger partial charge on any atom is -0.301 e. The lowest BCUT2D eigenvalue weighted by atomic mass is 10.1. The molecule has 1 atom stereocenters. The number of thioether (sulfide) groups is 2. The number of aliphatic imine (C=N–C) groups is 2. The molecule has 0 spiro atoms. The summed E-state index contributed by atoms with van der Waals surface area (Å²) in [6.07, 6.45) is 1.89. The number of hydrogen-bond acceptors (Lipinski definition) is 7. The Morgan fingerprint density at radius 3 is 3.00 bits per heavy atom. The summed E-state index contributed by atoms with van der Waals surface area (Å²) in [5.74, 6) is 0.547. The molecular weight excluding hydrogens is 388 g/mol. The maximum absolute atomic E-state index is 12.1. The first-order valence-corrected chi connectivity index (χ1v) is 10.7. The van der Waals surface area contributed by atoms with Gasteiger partial charge in [-0.25, -0.2) is 9.98 Å². The molecule has 0 bridgehead atoms. The van der Waals surface area contributed by atoms with Crippen LogP contribution in [0.4, 0.5) is 5.13 Å². The summed E-state index contributed by atoms with van der Waals surface area (Å²) >= 11 is 4.34. The Morgan fingerprint density at radius 1 is 1.31 bits per heavy atom. The maximum Gasteiger partial charge on any atom is 0.261 e. The van der Waals surface area contributed by atoms with Gasteiger partial charge in [0.2, 0.25) is 5.91 Å². The number of thiazole rings is 1. The van der Waals surface area contributed by atoms with Gasteiger partial charge in [-0.3, -0.25) is 9.59 Å². The van der Waals surface area contributed by atoms with E-state index < -0.39 is 0 Å². The second kappa shape index (κ2) is 7.34. The predicted molar refractivity (Wildman–Crippen MR) is 110 cm³/mol. The lowest BCUT2D eigenvalue weighted by Crippen LogP contribution is -2.24. The second-order valence-electron chi connectivity index (χ2n) is 5.70. The van der Waals surface area contributed by atoms with Gasteiger partial charge in [0.1, 0.15) is 11.8 Å². The third-order valence-corrected chi connectivity index (χ3v) is 6.57. The van der Waals surface area contributed by atoms with Gasteiger partial charge in [-0.1, -0.05) is 41.3 Å². The molecule has 6 nitrogen and oxygen atoms in total. The van der Waals surface area contributed by atoms with Crippen molar-refractivity contribution in [2.75, 3.05) is 16.8 Å². The van der Waals surface area contributed by atoms with Crippen LogP contribution in [0.2, 0.25) is 0 Å². The summed E-state index contributed by atoms with van der Waals surface area (Å²) in [5.41, 5.74) is 0.874. The predicted octanol–water partition coefficient (Wildman–Crippen LogP) is 3.57. The summed E-state index contributed by atoms with van der Waals surface area (Å²) in [6.45, 7) is 1.96. The van der Waals surface area contributed by atoms with Crippen LogP contribution in [0.5, 0.6) is 0 Å². The van der Waals surface area contributed by atoms with Crippen LogP contribution in [-0.4, -0.2) is 39.2 Å². The molecule has 3 heterocycles. The molecule has 1 N–H and O–H groups in total. The Balaban J connectivity index is 1.30. The zero-order chi connectivity index (χ0) is 18.1. The summed E-state index contributed by atoms with van der Waals surface area (Å²) in [4.78, 5) is 38.1. The number of nitrogens with one attached hydrogen (secondary N) is 1. The van der Waals surface area contributed by atoms with Crippen LogP contribution < -0.4 is 5.32 Å². The number of hydrogen-bond donors (Lipinski definition) is 1. The molecule has 2 amide bonds. The highest BCUT2D eigenvalue weighted by atomic mass is 32.2. The lowest BCUT2D eigenvalue weighted by Gasteiger charge is -2.12. The normalized spacial score (nSPS) is 19.0. The fraction of sp³-hybridized carbons (Fsp3) is 0.235. The zero-order valence-corrected chi connectivity index (χ0v) is 16.2. The summed E-state index contributed by atoms with van der Waals surface area (Å²) < 4.78 is 1.04. The van der Waals surface area contributed by atoms with Gasteiger partial charge in [0.15, 0.2) is 5.13 Å². The number of carbonyl (C=O) groups is 2. The molecule has 0 saturated heterocycles. The van der Waals surface area contributed by atoms with Crippen LogP contribution in [0.1, 0.15) is 6.92 Å². The Morgan fingerprint density at radius 2 is 2.15 bits per heavy atom. The zero-order valence-electron chi connectivity index (χ0n) is 13.8. The minimum atomic E-state index is -0.309. The highest BCUT2D eigenvalue weighted by Gasteiger charge is 2.32. The highest BCUT2D eigenvalue weighted by Crippen LogP contribution is 2.34. The lowest BCUT2D eigenvalue weighted by molar-refractivity contribution is -0.118. The fourth-order valence-corrected chi connectivity index (χ4v) is 5.10. The van der Waals surface area contributed by atoms with Gasteiger partial charge >= 0.3 is 0 Å². The molecule has 2 aromatic rings. The first-order chi connectivity index (χ1) is 12.6. The maximum atomic E-state index is 12.1. The number of fused-ring (bicyclic) bond motifs is 2. The van der Waals surface area contributed by atoms with Crippen molar-refractivity contribution in [3.63, 3.8) is 0 Å². The molecule has 26 heavy (non-hydrogen) atoms. The van der Waals surface area contributed by atoms with E-state index in [1.165, 1.54) is 34.9 Å². The number of carbonyl (C=O) groups excluding carboxylic acids is 2. The number of benzene rings is 1. The second-order valence-corrected chi connectivity index (χ2v) is 8.98. The number of nitrogens with zero attached hydrogens (tertiary/aromatic N) is 3. The van der Waals surface area contributed by atoms with Gasteiger partial charge in [-0.2, -0.15) is 4.99 Å². The third-order valence-electron chi connectivity index (χ3n) is 3.68. The third kappa shape index (κ3) is 3.74. The highest BCUT2D eigenvalue weighted by molar-refractivity contribution is 8.17. The number of allylic oxidation sites excluding steroid dienone is 1. The number of amidine groups is 1. The Hall–Kier alpha value is -1.97. The van der Waals surface area contributed by atoms with E-state index in [2.05, 4.69) is 20.3 Å². The van der Waals surface area contributed by atoms with Gasteiger partial charge in [0, 0.05) is 0 Å². The molecule has 1 aromatic heterocycles. The van der Waals surface area contributed by atoms with E-state index in [0.717, 1.165) is 20.2 Å². The van der Waals surface area contributed by atoms with Crippen molar-refractivity contribution in [3.8, 4) is 0 Å². The molecule has 0 fully saturated rings. The topological polar surface area (TPSA) is 83.8 Å². The molecule has 1 unspecified atom stereocenters. The van der Waals surface area contributed by atoms with E-state index in [1.807, 2.05) is 37.3 Å². The van der Waals surface area contributed by atoms with E-state index in [9.17, 15) is 9.59 Å². The quantitative estimate of drug-likeness (QED) is 0.826. The first-order valence-electron chi connectivity index (χ1n) is 7.88. The number of aromatic nitrogens is 1. The van der Waals surface area contributed by atoms with Crippen LogP contribution in [0.3, 0.4) is 0 Å². The molecule has 0 saturated carbocycles. The first kappa shape index (κ1) is 17.4. The number of rotatable bonds is 5. The molecular formula is C17H14N4O2S3. The van der Waals surface area contributed by atoms with Crippen molar-refractivity contribution in [3.05, 3.63) is 35.2 Å². The SMILES string of the molecule is CC1=CC2C(=O)N=C(CSCC(=O)Nc3nc4ccccc4s3)N=C2S1. The molecule has 0 radical (unpaired) electrons. The van der Waals surface area contributed by atoms with Gasteiger partial charge < -0.3 is 5.32 Å². The Kier molecular flexibility index (Phi) is 4.92. The van der Waals surface area contributed by atoms with Crippen molar-refractivity contribution < 1.29 is 9.59 Å².